The van der Waals surface area contributed by atoms with Gasteiger partial charge in [0, 0.05) is 33.8 Å². The Kier molecular flexibility index (Phi) is 8.35. The fourth-order valence-corrected chi connectivity index (χ4v) is 3.04. The first-order chi connectivity index (χ1) is 15.0. The summed E-state index contributed by atoms with van der Waals surface area (Å²) in [6.07, 6.45) is -5.73. The lowest BCUT2D eigenvalue weighted by atomic mass is 9.98. The summed E-state index contributed by atoms with van der Waals surface area (Å²) in [5, 5.41) is 0. The second-order valence-corrected chi connectivity index (χ2v) is 6.86. The molecule has 0 radical (unpaired) electrons. The molecule has 0 N–H and O–H groups in total. The van der Waals surface area contributed by atoms with E-state index in [0.717, 1.165) is 40.0 Å². The molecule has 0 amide bonds. The molecule has 1 fully saturated rings. The number of rotatable bonds is 7. The summed E-state index contributed by atoms with van der Waals surface area (Å²) < 4.78 is 37.3. The van der Waals surface area contributed by atoms with Crippen molar-refractivity contribution < 1.29 is 52.0 Å². The van der Waals surface area contributed by atoms with Crippen molar-refractivity contribution >= 4 is 23.9 Å². The molecule has 1 aromatic rings. The third kappa shape index (κ3) is 6.54. The van der Waals surface area contributed by atoms with Gasteiger partial charge in [-0.1, -0.05) is 0 Å². The Balaban J connectivity index is 2.51. The maximum Gasteiger partial charge on any atom is 0.303 e. The Bertz CT molecular complexity index is 919. The van der Waals surface area contributed by atoms with Crippen molar-refractivity contribution in [2.75, 3.05) is 6.61 Å². The number of ether oxygens (including phenoxy) is 6. The number of esters is 4. The van der Waals surface area contributed by atoms with Crippen LogP contribution in [0.25, 0.3) is 0 Å². The molecule has 0 saturated carbocycles. The van der Waals surface area contributed by atoms with Gasteiger partial charge >= 0.3 is 23.9 Å². The van der Waals surface area contributed by atoms with Gasteiger partial charge in [0.25, 0.3) is 0 Å². The van der Waals surface area contributed by atoms with Crippen LogP contribution in [-0.4, -0.2) is 61.2 Å². The molecule has 1 saturated heterocycles. The summed E-state index contributed by atoms with van der Waals surface area (Å²) in [5.74, 6) is -3.13. The van der Waals surface area contributed by atoms with Gasteiger partial charge in [-0.3, -0.25) is 24.0 Å². The number of hydrogen-bond acceptors (Lipinski definition) is 12. The largest absolute Gasteiger partial charge is 0.465 e. The number of hydrogen-bond donors (Lipinski definition) is 0. The molecule has 12 nitrogen and oxygen atoms in total. The molecular formula is C20H24O12. The monoisotopic (exact) mass is 456 g/mol. The van der Waals surface area contributed by atoms with Crippen LogP contribution >= 0.6 is 0 Å². The molecule has 0 aromatic carbocycles. The second-order valence-electron chi connectivity index (χ2n) is 6.86. The number of carbonyl (C=O) groups is 4. The first kappa shape index (κ1) is 24.9. The lowest BCUT2D eigenvalue weighted by molar-refractivity contribution is -0.288. The van der Waals surface area contributed by atoms with Crippen LogP contribution in [0, 0.1) is 6.92 Å². The van der Waals surface area contributed by atoms with Gasteiger partial charge in [0.05, 0.1) is 6.26 Å². The topological polar surface area (TPSA) is 154 Å². The fraction of sp³-hybridized carbons (Fsp3) is 0.550. The van der Waals surface area contributed by atoms with Gasteiger partial charge < -0.3 is 32.8 Å². The molecule has 0 spiro atoms. The van der Waals surface area contributed by atoms with Crippen LogP contribution in [0.2, 0.25) is 0 Å². The Morgan fingerprint density at radius 1 is 0.875 bits per heavy atom. The third-order valence-electron chi connectivity index (χ3n) is 4.19. The highest BCUT2D eigenvalue weighted by molar-refractivity contribution is 5.68. The smallest absolute Gasteiger partial charge is 0.303 e. The van der Waals surface area contributed by atoms with Crippen molar-refractivity contribution in [3.05, 3.63) is 28.3 Å². The molecule has 12 heteroatoms. The van der Waals surface area contributed by atoms with Gasteiger partial charge in [-0.2, -0.15) is 0 Å². The summed E-state index contributed by atoms with van der Waals surface area (Å²) in [4.78, 5) is 58.8. The van der Waals surface area contributed by atoms with Gasteiger partial charge in [-0.25, -0.2) is 0 Å². The van der Waals surface area contributed by atoms with E-state index in [-0.39, 0.29) is 11.5 Å². The van der Waals surface area contributed by atoms with Crippen LogP contribution in [0.5, 0.6) is 5.75 Å². The molecule has 176 valence electrons. The molecule has 2 rings (SSSR count). The minimum Gasteiger partial charge on any atom is -0.465 e. The first-order valence-corrected chi connectivity index (χ1v) is 9.55. The molecule has 5 atom stereocenters. The summed E-state index contributed by atoms with van der Waals surface area (Å²) in [5.41, 5.74) is -0.554. The highest BCUT2D eigenvalue weighted by atomic mass is 16.7. The number of carbonyl (C=O) groups excluding carboxylic acids is 4. The number of aryl methyl sites for hydroxylation is 1. The molecule has 0 unspecified atom stereocenters. The van der Waals surface area contributed by atoms with Crippen LogP contribution in [0.15, 0.2) is 21.5 Å². The van der Waals surface area contributed by atoms with Crippen LogP contribution < -0.4 is 10.2 Å². The predicted octanol–water partition coefficient (Wildman–Crippen LogP) is 0.410. The van der Waals surface area contributed by atoms with Crippen LogP contribution in [0.1, 0.15) is 33.5 Å². The fourth-order valence-electron chi connectivity index (χ4n) is 3.04. The third-order valence-corrected chi connectivity index (χ3v) is 4.19. The quantitative estimate of drug-likeness (QED) is 0.412. The van der Waals surface area contributed by atoms with E-state index in [1.807, 2.05) is 0 Å². The maximum atomic E-state index is 12.2. The Labute approximate surface area is 182 Å². The van der Waals surface area contributed by atoms with Gasteiger partial charge in [-0.15, -0.1) is 0 Å². The van der Waals surface area contributed by atoms with E-state index in [4.69, 9.17) is 32.8 Å². The minimum atomic E-state index is -1.51. The molecule has 1 aliphatic heterocycles. The van der Waals surface area contributed by atoms with E-state index in [1.165, 1.54) is 6.92 Å². The van der Waals surface area contributed by atoms with Crippen molar-refractivity contribution in [2.45, 2.75) is 65.3 Å². The average Bonchev–Trinajstić information content (AvgIpc) is 2.66. The van der Waals surface area contributed by atoms with Gasteiger partial charge in [-0.05, 0) is 6.92 Å². The molecule has 2 heterocycles. The van der Waals surface area contributed by atoms with E-state index >= 15 is 0 Å². The SMILES string of the molecule is CC(=O)OC[C@H]1O[C@@H](Oc2c(C)occc2=O)[C@H](OC(C)=O)[C@@H](OC(C)=O)[C@@H]1OC(C)=O. The Morgan fingerprint density at radius 3 is 1.97 bits per heavy atom. The summed E-state index contributed by atoms with van der Waals surface area (Å²) in [6, 6.07) is 1.10. The molecule has 32 heavy (non-hydrogen) atoms. The van der Waals surface area contributed by atoms with Gasteiger partial charge in [0.1, 0.15) is 18.5 Å². The van der Waals surface area contributed by atoms with E-state index in [0.29, 0.717) is 0 Å². The van der Waals surface area contributed by atoms with Crippen molar-refractivity contribution in [1.82, 2.24) is 0 Å². The first-order valence-electron chi connectivity index (χ1n) is 9.55. The highest BCUT2D eigenvalue weighted by Gasteiger charge is 2.53. The molecule has 1 aliphatic rings. The lowest BCUT2D eigenvalue weighted by Gasteiger charge is -2.43. The zero-order chi connectivity index (χ0) is 24.0. The zero-order valence-electron chi connectivity index (χ0n) is 18.1. The minimum absolute atomic E-state index is 0.102. The van der Waals surface area contributed by atoms with Crippen molar-refractivity contribution in [3.63, 3.8) is 0 Å². The van der Waals surface area contributed by atoms with Crippen LogP contribution in [0.4, 0.5) is 0 Å². The van der Waals surface area contributed by atoms with Crippen molar-refractivity contribution in [3.8, 4) is 5.75 Å². The van der Waals surface area contributed by atoms with Crippen LogP contribution in [-0.2, 0) is 42.9 Å². The molecule has 0 bridgehead atoms. The Morgan fingerprint density at radius 2 is 1.44 bits per heavy atom. The van der Waals surface area contributed by atoms with E-state index in [9.17, 15) is 24.0 Å². The zero-order valence-corrected chi connectivity index (χ0v) is 18.1. The summed E-state index contributed by atoms with van der Waals surface area (Å²) >= 11 is 0. The van der Waals surface area contributed by atoms with E-state index < -0.39 is 66.6 Å². The van der Waals surface area contributed by atoms with Crippen molar-refractivity contribution in [1.29, 1.82) is 0 Å². The molecule has 0 aliphatic carbocycles. The van der Waals surface area contributed by atoms with Gasteiger partial charge in [0.15, 0.2) is 12.2 Å². The lowest BCUT2D eigenvalue weighted by Crippen LogP contribution is -2.63. The van der Waals surface area contributed by atoms with E-state index in [2.05, 4.69) is 0 Å². The average molecular weight is 456 g/mol. The van der Waals surface area contributed by atoms with Crippen LogP contribution in [0.3, 0.4) is 0 Å². The summed E-state index contributed by atoms with van der Waals surface area (Å²) in [7, 11) is 0. The summed E-state index contributed by atoms with van der Waals surface area (Å²) in [6.45, 7) is 5.49. The van der Waals surface area contributed by atoms with Crippen molar-refractivity contribution in [2.24, 2.45) is 0 Å². The predicted molar refractivity (Wildman–Crippen MR) is 102 cm³/mol. The molecule has 1 aromatic heterocycles. The Hall–Kier alpha value is -3.41. The molecular weight excluding hydrogens is 432 g/mol. The maximum absolute atomic E-state index is 12.2. The second kappa shape index (κ2) is 10.8. The van der Waals surface area contributed by atoms with Gasteiger partial charge in [0.2, 0.25) is 23.6 Å². The normalized spacial score (nSPS) is 24.7. The standard InChI is InChI=1S/C20H24O12/c1-9-16(14(25)6-7-26-9)32-20-19(30-13(5)24)18(29-12(4)23)17(28-11(3)22)15(31-20)8-27-10(2)21/h6-7,15,17-20H,8H2,1-5H3/t15-,17-,18+,19-,20+/m1/s1. The highest BCUT2D eigenvalue weighted by Crippen LogP contribution is 2.31. The van der Waals surface area contributed by atoms with E-state index in [1.54, 1.807) is 0 Å².